The maximum absolute atomic E-state index is 9.93. The lowest BCUT2D eigenvalue weighted by molar-refractivity contribution is 0.767. The summed E-state index contributed by atoms with van der Waals surface area (Å²) in [4.78, 5) is 2.09. The summed E-state index contributed by atoms with van der Waals surface area (Å²) < 4.78 is 37.9. The average Bonchev–Trinajstić information content (AvgIpc) is 3.86. The van der Waals surface area contributed by atoms with E-state index in [1.54, 1.807) is 0 Å². The standard InChI is InChI=1S/C62H43N/c1-6-22-44(23-7-1)51-32-18-21-37-60(51)63(49-38-40-54-52-33-16-19-35-56(52)61(58(54)42-49,45-24-8-2-9-25-45)46-26-10-3-11-27-46)50-39-41-55-53-34-17-20-36-57(53)62(59(55)43-50,47-28-12-4-13-29-47)48-30-14-5-15-31-48/h1-43H/i18D,21D,32D,37D. The van der Waals surface area contributed by atoms with Gasteiger partial charge in [-0.3, -0.25) is 0 Å². The van der Waals surface area contributed by atoms with Crippen LogP contribution in [0.1, 0.15) is 50.0 Å². The Balaban J connectivity index is 1.21. The van der Waals surface area contributed by atoms with E-state index in [0.717, 1.165) is 67.0 Å². The number of para-hydroxylation sites is 1. The van der Waals surface area contributed by atoms with E-state index in [1.807, 2.05) is 30.3 Å². The van der Waals surface area contributed by atoms with Gasteiger partial charge in [-0.15, -0.1) is 0 Å². The van der Waals surface area contributed by atoms with Crippen LogP contribution in [-0.2, 0) is 10.8 Å². The molecule has 0 bridgehead atoms. The molecule has 1 nitrogen and oxygen atoms in total. The fourth-order valence-electron chi connectivity index (χ4n) is 10.8. The zero-order valence-electron chi connectivity index (χ0n) is 38.5. The van der Waals surface area contributed by atoms with Gasteiger partial charge in [0, 0.05) is 16.9 Å². The van der Waals surface area contributed by atoms with E-state index in [2.05, 4.69) is 211 Å². The van der Waals surface area contributed by atoms with Gasteiger partial charge in [-0.25, -0.2) is 0 Å². The van der Waals surface area contributed by atoms with E-state index in [0.29, 0.717) is 16.8 Å². The maximum atomic E-state index is 9.93. The first kappa shape index (κ1) is 32.7. The lowest BCUT2D eigenvalue weighted by Gasteiger charge is -2.36. The minimum atomic E-state index is -0.705. The lowest BCUT2D eigenvalue weighted by Crippen LogP contribution is -2.29. The van der Waals surface area contributed by atoms with Gasteiger partial charge in [0.2, 0.25) is 0 Å². The molecule has 0 aromatic heterocycles. The monoisotopic (exact) mass is 805 g/mol. The van der Waals surface area contributed by atoms with Gasteiger partial charge in [-0.05, 0) is 103 Å². The molecule has 296 valence electrons. The number of hydrogen-bond donors (Lipinski definition) is 0. The first-order valence-corrected chi connectivity index (χ1v) is 21.6. The Hall–Kier alpha value is -8.00. The van der Waals surface area contributed by atoms with Crippen molar-refractivity contribution in [3.05, 3.63) is 305 Å². The van der Waals surface area contributed by atoms with Crippen LogP contribution in [0.3, 0.4) is 0 Å². The topological polar surface area (TPSA) is 3.24 Å². The zero-order chi connectivity index (χ0) is 45.3. The Morgan fingerprint density at radius 1 is 0.302 bits per heavy atom. The van der Waals surface area contributed by atoms with Crippen molar-refractivity contribution >= 4 is 17.1 Å². The van der Waals surface area contributed by atoms with Gasteiger partial charge < -0.3 is 4.90 Å². The number of fused-ring (bicyclic) bond motifs is 6. The predicted octanol–water partition coefficient (Wildman–Crippen LogP) is 15.5. The Morgan fingerprint density at radius 3 is 1.08 bits per heavy atom. The molecule has 12 rings (SSSR count). The van der Waals surface area contributed by atoms with Crippen molar-refractivity contribution in [2.24, 2.45) is 0 Å². The Kier molecular flexibility index (Phi) is 7.73. The first-order valence-electron chi connectivity index (χ1n) is 23.6. The SMILES string of the molecule is [2H]c1c([2H])c([2H])c(N(c2ccc3c(c2)C(c2ccccc2)(c2ccccc2)c2ccccc2-3)c2ccc3c(c2)C(c2ccccc2)(c2ccccc2)c2ccccc2-3)c(-c2ccccc2)c1[2H]. The van der Waals surface area contributed by atoms with E-state index in [9.17, 15) is 4.11 Å². The van der Waals surface area contributed by atoms with Crippen molar-refractivity contribution in [2.75, 3.05) is 4.90 Å². The highest BCUT2D eigenvalue weighted by molar-refractivity contribution is 5.94. The van der Waals surface area contributed by atoms with Crippen LogP contribution in [0.2, 0.25) is 0 Å². The molecule has 0 spiro atoms. The third-order valence-electron chi connectivity index (χ3n) is 13.4. The van der Waals surface area contributed by atoms with Gasteiger partial charge in [-0.2, -0.15) is 0 Å². The summed E-state index contributed by atoms with van der Waals surface area (Å²) in [6, 6.07) is 82.3. The van der Waals surface area contributed by atoms with Gasteiger partial charge in [-0.1, -0.05) is 230 Å². The second-order valence-corrected chi connectivity index (χ2v) is 16.4. The third kappa shape index (κ3) is 5.50. The summed E-state index contributed by atoms with van der Waals surface area (Å²) in [6.45, 7) is 0. The minimum Gasteiger partial charge on any atom is -0.310 e. The predicted molar refractivity (Wildman–Crippen MR) is 261 cm³/mol. The molecule has 0 amide bonds. The summed E-state index contributed by atoms with van der Waals surface area (Å²) in [5.41, 5.74) is 15.2. The lowest BCUT2D eigenvalue weighted by atomic mass is 9.67. The summed E-state index contributed by atoms with van der Waals surface area (Å²) in [5.74, 6) is 0. The second kappa shape index (κ2) is 14.9. The van der Waals surface area contributed by atoms with Crippen LogP contribution < -0.4 is 4.90 Å². The van der Waals surface area contributed by atoms with Gasteiger partial charge in [0.05, 0.1) is 22.0 Å². The van der Waals surface area contributed by atoms with Crippen molar-refractivity contribution in [1.82, 2.24) is 0 Å². The number of rotatable bonds is 8. The normalized spacial score (nSPS) is 14.5. The molecule has 0 saturated carbocycles. The van der Waals surface area contributed by atoms with Crippen molar-refractivity contribution in [1.29, 1.82) is 0 Å². The van der Waals surface area contributed by atoms with Crippen LogP contribution in [0, 0.1) is 0 Å². The van der Waals surface area contributed by atoms with E-state index in [-0.39, 0.29) is 24.2 Å². The molecule has 0 radical (unpaired) electrons. The molecule has 2 aliphatic carbocycles. The fourth-order valence-corrected chi connectivity index (χ4v) is 10.8. The van der Waals surface area contributed by atoms with E-state index in [1.165, 1.54) is 11.1 Å². The number of hydrogen-bond acceptors (Lipinski definition) is 1. The van der Waals surface area contributed by atoms with Crippen LogP contribution >= 0.6 is 0 Å². The molecule has 10 aromatic carbocycles. The van der Waals surface area contributed by atoms with Gasteiger partial charge in [0.25, 0.3) is 0 Å². The molecular formula is C62H43N. The van der Waals surface area contributed by atoms with Crippen LogP contribution in [0.15, 0.2) is 261 Å². The number of benzene rings is 10. The van der Waals surface area contributed by atoms with Gasteiger partial charge in [0.1, 0.15) is 0 Å². The van der Waals surface area contributed by atoms with Crippen molar-refractivity contribution < 1.29 is 5.48 Å². The molecule has 63 heavy (non-hydrogen) atoms. The van der Waals surface area contributed by atoms with Crippen molar-refractivity contribution in [2.45, 2.75) is 10.8 Å². The second-order valence-electron chi connectivity index (χ2n) is 16.4. The molecule has 1 heteroatoms. The van der Waals surface area contributed by atoms with Gasteiger partial charge in [0.15, 0.2) is 0 Å². The maximum Gasteiger partial charge on any atom is 0.0714 e. The Bertz CT molecular complexity index is 3240. The van der Waals surface area contributed by atoms with E-state index >= 15 is 0 Å². The quantitative estimate of drug-likeness (QED) is 0.148. The smallest absolute Gasteiger partial charge is 0.0714 e. The highest BCUT2D eigenvalue weighted by Gasteiger charge is 2.48. The summed E-state index contributed by atoms with van der Waals surface area (Å²) in [6.07, 6.45) is 0. The van der Waals surface area contributed by atoms with Gasteiger partial charge >= 0.3 is 0 Å². The average molecular weight is 806 g/mol. The fraction of sp³-hybridized carbons (Fsp3) is 0.0323. The van der Waals surface area contributed by atoms with Crippen LogP contribution in [0.5, 0.6) is 0 Å². The number of anilines is 3. The Labute approximate surface area is 375 Å². The zero-order valence-corrected chi connectivity index (χ0v) is 34.5. The third-order valence-corrected chi connectivity index (χ3v) is 13.4. The number of nitrogens with zero attached hydrogens (tertiary/aromatic N) is 1. The molecular weight excluding hydrogens is 759 g/mol. The van der Waals surface area contributed by atoms with Crippen LogP contribution in [0.25, 0.3) is 33.4 Å². The van der Waals surface area contributed by atoms with E-state index < -0.39 is 10.8 Å². The first-order chi connectivity index (χ1) is 32.9. The molecule has 0 atom stereocenters. The highest BCUT2D eigenvalue weighted by Crippen LogP contribution is 2.60. The molecule has 0 aliphatic heterocycles. The molecule has 2 aliphatic rings. The van der Waals surface area contributed by atoms with E-state index in [4.69, 9.17) is 1.37 Å². The molecule has 0 unspecified atom stereocenters. The van der Waals surface area contributed by atoms with Crippen LogP contribution in [-0.4, -0.2) is 0 Å². The minimum absolute atomic E-state index is 0.0971. The van der Waals surface area contributed by atoms with Crippen LogP contribution in [0.4, 0.5) is 17.1 Å². The molecule has 0 N–H and O–H groups in total. The molecule has 0 saturated heterocycles. The molecule has 0 fully saturated rings. The highest BCUT2D eigenvalue weighted by atomic mass is 15.1. The summed E-state index contributed by atoms with van der Waals surface area (Å²) in [7, 11) is 0. The molecule has 10 aromatic rings. The summed E-state index contributed by atoms with van der Waals surface area (Å²) in [5, 5.41) is 0. The Morgan fingerprint density at radius 2 is 0.651 bits per heavy atom. The van der Waals surface area contributed by atoms with Crippen molar-refractivity contribution in [3.8, 4) is 33.4 Å². The summed E-state index contributed by atoms with van der Waals surface area (Å²) >= 11 is 0. The van der Waals surface area contributed by atoms with Crippen molar-refractivity contribution in [3.63, 3.8) is 0 Å². The molecule has 0 heterocycles. The largest absolute Gasteiger partial charge is 0.310 e.